The number of imidazole rings is 1. The highest BCUT2D eigenvalue weighted by molar-refractivity contribution is 5.91. The number of nitrogens with zero attached hydrogens (tertiary/aromatic N) is 6. The van der Waals surface area contributed by atoms with Crippen LogP contribution in [0.4, 0.5) is 5.82 Å². The molecular weight excluding hydrogens is 356 g/mol. The molecule has 0 spiro atoms. The Morgan fingerprint density at radius 3 is 2.64 bits per heavy atom. The van der Waals surface area contributed by atoms with E-state index in [1.54, 1.807) is 24.5 Å². The third kappa shape index (κ3) is 2.79. The summed E-state index contributed by atoms with van der Waals surface area (Å²) in [6.45, 7) is 2.60. The first-order valence-electron chi connectivity index (χ1n) is 9.11. The molecule has 0 N–H and O–H groups in total. The Morgan fingerprint density at radius 1 is 1.00 bits per heavy atom. The largest absolute Gasteiger partial charge is 0.459 e. The van der Waals surface area contributed by atoms with Gasteiger partial charge in [-0.3, -0.25) is 14.2 Å². The number of piperazine rings is 1. The van der Waals surface area contributed by atoms with Gasteiger partial charge in [0.05, 0.1) is 18.2 Å². The van der Waals surface area contributed by atoms with Gasteiger partial charge in [0, 0.05) is 56.5 Å². The molecule has 28 heavy (non-hydrogen) atoms. The maximum absolute atomic E-state index is 12.5. The average molecular weight is 374 g/mol. The molecule has 140 valence electrons. The van der Waals surface area contributed by atoms with E-state index in [1.807, 2.05) is 40.0 Å². The fraction of sp³-hybridized carbons (Fsp3) is 0.200. The summed E-state index contributed by atoms with van der Waals surface area (Å²) in [7, 11) is 0. The Labute approximate surface area is 161 Å². The molecule has 0 bridgehead atoms. The van der Waals surface area contributed by atoms with Gasteiger partial charge in [0.2, 0.25) is 0 Å². The van der Waals surface area contributed by atoms with Crippen molar-refractivity contribution in [2.75, 3.05) is 31.1 Å². The fourth-order valence-electron chi connectivity index (χ4n) is 3.53. The molecule has 1 saturated heterocycles. The zero-order valence-electron chi connectivity index (χ0n) is 15.1. The summed E-state index contributed by atoms with van der Waals surface area (Å²) in [5, 5.41) is 0. The van der Waals surface area contributed by atoms with Gasteiger partial charge in [0.1, 0.15) is 0 Å². The van der Waals surface area contributed by atoms with E-state index < -0.39 is 0 Å². The number of hydrogen-bond acceptors (Lipinski definition) is 6. The summed E-state index contributed by atoms with van der Waals surface area (Å²) >= 11 is 0. The van der Waals surface area contributed by atoms with E-state index in [-0.39, 0.29) is 5.91 Å². The molecule has 0 aliphatic carbocycles. The van der Waals surface area contributed by atoms with Gasteiger partial charge in [-0.1, -0.05) is 0 Å². The summed E-state index contributed by atoms with van der Waals surface area (Å²) in [5.41, 5.74) is 2.77. The molecule has 8 heteroatoms. The van der Waals surface area contributed by atoms with Crippen LogP contribution in [0.25, 0.3) is 16.9 Å². The topological polar surface area (TPSA) is 79.8 Å². The van der Waals surface area contributed by atoms with E-state index in [2.05, 4.69) is 19.9 Å². The van der Waals surface area contributed by atoms with Gasteiger partial charge in [0.15, 0.2) is 17.2 Å². The standard InChI is InChI=1S/C20H18N6O2/c27-20(17-4-2-12-28-17)25-10-8-24(9-11-25)18-19-23-14-16(26(19)7-6-22-18)15-3-1-5-21-13-15/h1-7,12-14H,8-11H2. The number of aromatic nitrogens is 4. The summed E-state index contributed by atoms with van der Waals surface area (Å²) in [4.78, 5) is 29.8. The van der Waals surface area contributed by atoms with Crippen LogP contribution in [0.5, 0.6) is 0 Å². The van der Waals surface area contributed by atoms with E-state index in [0.29, 0.717) is 31.9 Å². The first kappa shape index (κ1) is 16.5. The fourth-order valence-corrected chi connectivity index (χ4v) is 3.53. The van der Waals surface area contributed by atoms with Gasteiger partial charge >= 0.3 is 0 Å². The molecule has 0 aromatic carbocycles. The highest BCUT2D eigenvalue weighted by Crippen LogP contribution is 2.25. The Morgan fingerprint density at radius 2 is 1.89 bits per heavy atom. The van der Waals surface area contributed by atoms with Gasteiger partial charge in [-0.05, 0) is 24.3 Å². The molecule has 1 aliphatic heterocycles. The summed E-state index contributed by atoms with van der Waals surface area (Å²) in [5.74, 6) is 1.13. The summed E-state index contributed by atoms with van der Waals surface area (Å²) in [6.07, 6.45) is 10.6. The van der Waals surface area contributed by atoms with Crippen molar-refractivity contribution in [2.45, 2.75) is 0 Å². The number of carbonyl (C=O) groups excluding carboxylic acids is 1. The van der Waals surface area contributed by atoms with Crippen LogP contribution < -0.4 is 4.90 Å². The van der Waals surface area contributed by atoms with Crippen molar-refractivity contribution in [3.05, 3.63) is 67.3 Å². The summed E-state index contributed by atoms with van der Waals surface area (Å²) < 4.78 is 7.25. The van der Waals surface area contributed by atoms with Crippen molar-refractivity contribution in [1.29, 1.82) is 0 Å². The van der Waals surface area contributed by atoms with Crippen molar-refractivity contribution in [1.82, 2.24) is 24.3 Å². The minimum Gasteiger partial charge on any atom is -0.459 e. The van der Waals surface area contributed by atoms with Crippen LogP contribution in [0, 0.1) is 0 Å². The molecule has 4 aromatic heterocycles. The Kier molecular flexibility index (Phi) is 4.01. The minimum absolute atomic E-state index is 0.0736. The van der Waals surface area contributed by atoms with Gasteiger partial charge < -0.3 is 14.2 Å². The first-order valence-corrected chi connectivity index (χ1v) is 9.11. The van der Waals surface area contributed by atoms with Crippen LogP contribution in [0.1, 0.15) is 10.6 Å². The number of fused-ring (bicyclic) bond motifs is 1. The molecule has 0 radical (unpaired) electrons. The number of rotatable bonds is 3. The van der Waals surface area contributed by atoms with Crippen LogP contribution in [-0.4, -0.2) is 56.3 Å². The normalized spacial score (nSPS) is 14.6. The highest BCUT2D eigenvalue weighted by atomic mass is 16.3. The van der Waals surface area contributed by atoms with Crippen molar-refractivity contribution in [3.63, 3.8) is 0 Å². The SMILES string of the molecule is O=C(c1ccco1)N1CCN(c2nccn3c(-c4cccnc4)cnc23)CC1. The van der Waals surface area contributed by atoms with Crippen LogP contribution in [0.2, 0.25) is 0 Å². The molecule has 1 aliphatic rings. The molecule has 0 saturated carbocycles. The molecule has 4 aromatic rings. The number of carbonyl (C=O) groups is 1. The van der Waals surface area contributed by atoms with E-state index in [0.717, 1.165) is 22.7 Å². The second-order valence-electron chi connectivity index (χ2n) is 6.59. The maximum atomic E-state index is 12.5. The lowest BCUT2D eigenvalue weighted by atomic mass is 10.2. The van der Waals surface area contributed by atoms with E-state index in [4.69, 9.17) is 4.42 Å². The number of furan rings is 1. The van der Waals surface area contributed by atoms with Crippen molar-refractivity contribution in [2.24, 2.45) is 0 Å². The van der Waals surface area contributed by atoms with Gasteiger partial charge in [-0.15, -0.1) is 0 Å². The summed E-state index contributed by atoms with van der Waals surface area (Å²) in [6, 6.07) is 7.34. The predicted molar refractivity (Wildman–Crippen MR) is 103 cm³/mol. The lowest BCUT2D eigenvalue weighted by Crippen LogP contribution is -2.49. The van der Waals surface area contributed by atoms with E-state index in [9.17, 15) is 4.79 Å². The van der Waals surface area contributed by atoms with Crippen LogP contribution in [0.15, 0.2) is 65.9 Å². The highest BCUT2D eigenvalue weighted by Gasteiger charge is 2.25. The van der Waals surface area contributed by atoms with Gasteiger partial charge in [-0.2, -0.15) is 0 Å². The average Bonchev–Trinajstić information content (AvgIpc) is 3.44. The molecule has 5 heterocycles. The Balaban J connectivity index is 1.39. The second-order valence-corrected chi connectivity index (χ2v) is 6.59. The van der Waals surface area contributed by atoms with Gasteiger partial charge in [0.25, 0.3) is 5.91 Å². The number of amides is 1. The second kappa shape index (κ2) is 6.80. The van der Waals surface area contributed by atoms with E-state index in [1.165, 1.54) is 6.26 Å². The van der Waals surface area contributed by atoms with Crippen LogP contribution in [0.3, 0.4) is 0 Å². The Bertz CT molecular complexity index is 1100. The molecule has 1 fully saturated rings. The molecule has 5 rings (SSSR count). The lowest BCUT2D eigenvalue weighted by Gasteiger charge is -2.35. The number of anilines is 1. The Hall–Kier alpha value is -3.68. The quantitative estimate of drug-likeness (QED) is 0.548. The molecule has 8 nitrogen and oxygen atoms in total. The number of hydrogen-bond donors (Lipinski definition) is 0. The predicted octanol–water partition coefficient (Wildman–Crippen LogP) is 2.35. The van der Waals surface area contributed by atoms with Crippen molar-refractivity contribution < 1.29 is 9.21 Å². The molecular formula is C20H18N6O2. The van der Waals surface area contributed by atoms with E-state index >= 15 is 0 Å². The van der Waals surface area contributed by atoms with Crippen molar-refractivity contribution >= 4 is 17.4 Å². The molecule has 0 unspecified atom stereocenters. The minimum atomic E-state index is -0.0736. The zero-order valence-corrected chi connectivity index (χ0v) is 15.1. The third-order valence-electron chi connectivity index (χ3n) is 4.97. The smallest absolute Gasteiger partial charge is 0.289 e. The zero-order chi connectivity index (χ0) is 18.9. The monoisotopic (exact) mass is 374 g/mol. The van der Waals surface area contributed by atoms with Crippen LogP contribution >= 0.6 is 0 Å². The lowest BCUT2D eigenvalue weighted by molar-refractivity contribution is 0.0714. The van der Waals surface area contributed by atoms with Crippen LogP contribution in [-0.2, 0) is 0 Å². The first-order chi connectivity index (χ1) is 13.8. The number of pyridine rings is 1. The van der Waals surface area contributed by atoms with Gasteiger partial charge in [-0.25, -0.2) is 9.97 Å². The maximum Gasteiger partial charge on any atom is 0.289 e. The molecule has 0 atom stereocenters. The third-order valence-corrected chi connectivity index (χ3v) is 4.97. The van der Waals surface area contributed by atoms with Crippen molar-refractivity contribution in [3.8, 4) is 11.3 Å². The molecule has 1 amide bonds.